The van der Waals surface area contributed by atoms with E-state index in [1.807, 2.05) is 6.08 Å². The maximum absolute atomic E-state index is 12.4. The van der Waals surface area contributed by atoms with E-state index >= 15 is 0 Å². The first-order valence-corrected chi connectivity index (χ1v) is 22.2. The summed E-state index contributed by atoms with van der Waals surface area (Å²) in [7, 11) is -4.81. The largest absolute Gasteiger partial charge is 0.469 e. The van der Waals surface area contributed by atoms with Crippen LogP contribution in [0.1, 0.15) is 174 Å². The number of phosphoric acid groups is 1. The minimum Gasteiger partial charge on any atom is -0.462 e. The number of hydrogen-bond donors (Lipinski definition) is 4. The Morgan fingerprint density at radius 3 is 1.62 bits per heavy atom. The van der Waals surface area contributed by atoms with Crippen LogP contribution in [-0.4, -0.2) is 63.5 Å². The number of unbranched alkanes of at least 4 members (excludes halogenated alkanes) is 18. The average molecular weight is 771 g/mol. The highest BCUT2D eigenvalue weighted by molar-refractivity contribution is 7.46. The molecule has 0 radical (unpaired) electrons. The van der Waals surface area contributed by atoms with Gasteiger partial charge < -0.3 is 29.5 Å². The van der Waals surface area contributed by atoms with Gasteiger partial charge in [-0.05, 0) is 38.5 Å². The highest BCUT2D eigenvalue weighted by atomic mass is 31.2. The number of aliphatic hydroxyl groups is 2. The third kappa shape index (κ3) is 39.4. The number of rotatable bonds is 37. The second kappa shape index (κ2) is 36.9. The summed E-state index contributed by atoms with van der Waals surface area (Å²) in [5, 5.41) is 20.2. The fraction of sp³-hybridized carbons (Fsp3) is 0.762. The van der Waals surface area contributed by atoms with Crippen LogP contribution >= 0.6 is 7.82 Å². The minimum atomic E-state index is -4.81. The van der Waals surface area contributed by atoms with E-state index < -0.39 is 51.3 Å². The summed E-state index contributed by atoms with van der Waals surface area (Å²) in [5.41, 5.74) is 0. The third-order valence-corrected chi connectivity index (χ3v) is 9.28. The molecule has 0 bridgehead atoms. The zero-order chi connectivity index (χ0) is 39.3. The second-order valence-corrected chi connectivity index (χ2v) is 15.3. The summed E-state index contributed by atoms with van der Waals surface area (Å²) in [4.78, 5) is 42.8. The Balaban J connectivity index is 4.18. The molecule has 0 amide bonds. The molecule has 10 nitrogen and oxygen atoms in total. The summed E-state index contributed by atoms with van der Waals surface area (Å²) in [6.45, 7) is 3.42. The Bertz CT molecular complexity index is 1030. The molecule has 308 valence electrons. The molecule has 0 aromatic carbocycles. The zero-order valence-electron chi connectivity index (χ0n) is 33.1. The molecule has 0 spiro atoms. The molecule has 0 rings (SSSR count). The lowest BCUT2D eigenvalue weighted by atomic mass is 10.0. The maximum Gasteiger partial charge on any atom is 0.469 e. The topological polar surface area (TPSA) is 160 Å². The Morgan fingerprint density at radius 1 is 0.585 bits per heavy atom. The van der Waals surface area contributed by atoms with Crippen LogP contribution in [0.25, 0.3) is 0 Å². The molecular formula is C42H75O10P. The monoisotopic (exact) mass is 771 g/mol. The minimum absolute atomic E-state index is 0.00757. The summed E-state index contributed by atoms with van der Waals surface area (Å²) < 4.78 is 26.2. The van der Waals surface area contributed by atoms with E-state index in [-0.39, 0.29) is 12.8 Å². The molecule has 0 saturated carbocycles. The smallest absolute Gasteiger partial charge is 0.462 e. The number of phosphoric ester groups is 1. The van der Waals surface area contributed by atoms with Gasteiger partial charge in [0.15, 0.2) is 6.10 Å². The Labute approximate surface area is 321 Å². The Hall–Kier alpha value is -2.07. The molecule has 3 atom stereocenters. The van der Waals surface area contributed by atoms with E-state index in [1.165, 1.54) is 96.3 Å². The molecule has 53 heavy (non-hydrogen) atoms. The number of ether oxygens (including phenoxy) is 2. The van der Waals surface area contributed by atoms with Crippen molar-refractivity contribution in [3.05, 3.63) is 48.6 Å². The Morgan fingerprint density at radius 2 is 1.08 bits per heavy atom. The lowest BCUT2D eigenvalue weighted by Crippen LogP contribution is -2.29. The van der Waals surface area contributed by atoms with Crippen molar-refractivity contribution in [1.82, 2.24) is 0 Å². The molecule has 0 saturated heterocycles. The van der Waals surface area contributed by atoms with Gasteiger partial charge in [-0.3, -0.25) is 14.1 Å². The van der Waals surface area contributed by atoms with Crippen molar-refractivity contribution in [2.75, 3.05) is 13.2 Å². The van der Waals surface area contributed by atoms with Crippen LogP contribution in [0, 0.1) is 0 Å². The predicted octanol–water partition coefficient (Wildman–Crippen LogP) is 10.3. The van der Waals surface area contributed by atoms with Gasteiger partial charge in [0.1, 0.15) is 6.61 Å². The molecule has 0 heterocycles. The molecule has 0 unspecified atom stereocenters. The molecular weight excluding hydrogens is 695 g/mol. The normalized spacial score (nSPS) is 14.2. The standard InChI is InChI=1S/C42H75O10P/c1-3-5-7-9-11-12-13-14-15-16-17-18-19-20-22-28-34-42(46)52-40(37-51-53(47,48)49)36-50-41(45)35-29-33-39(44)32-27-24-23-26-31-38(43)30-25-21-10-8-6-4-2/h21,23-27,31-32,38-40,43-44H,3-20,22,28-30,33-37H2,1-2H3,(H2,47,48,49)/b24-23+,25-21-,31-26+,32-27-/t38-,39-,40-/m1/s1. The van der Waals surface area contributed by atoms with Crippen LogP contribution in [0.15, 0.2) is 48.6 Å². The van der Waals surface area contributed by atoms with Crippen molar-refractivity contribution in [1.29, 1.82) is 0 Å². The SMILES string of the molecule is CCCCC/C=C\C[C@@H](O)/C=C/C=C/C=C\[C@@H](O)CCCC(=O)OC[C@H](COP(=O)(O)O)OC(=O)CCCCCCCCCCCCCCCCCC. The molecule has 0 aliphatic heterocycles. The third-order valence-electron chi connectivity index (χ3n) is 8.79. The van der Waals surface area contributed by atoms with E-state index in [4.69, 9.17) is 19.3 Å². The van der Waals surface area contributed by atoms with Gasteiger partial charge in [-0.25, -0.2) is 4.57 Å². The van der Waals surface area contributed by atoms with Crippen molar-refractivity contribution in [3.63, 3.8) is 0 Å². The first-order valence-electron chi connectivity index (χ1n) is 20.6. The van der Waals surface area contributed by atoms with Gasteiger partial charge in [0, 0.05) is 12.8 Å². The van der Waals surface area contributed by atoms with Crippen molar-refractivity contribution in [3.8, 4) is 0 Å². The lowest BCUT2D eigenvalue weighted by Gasteiger charge is -2.18. The number of hydrogen-bond acceptors (Lipinski definition) is 8. The molecule has 0 fully saturated rings. The van der Waals surface area contributed by atoms with Crippen LogP contribution in [0.3, 0.4) is 0 Å². The van der Waals surface area contributed by atoms with E-state index in [1.54, 1.807) is 36.5 Å². The Kier molecular flexibility index (Phi) is 35.4. The zero-order valence-corrected chi connectivity index (χ0v) is 34.0. The average Bonchev–Trinajstić information content (AvgIpc) is 3.11. The first-order chi connectivity index (χ1) is 25.6. The summed E-state index contributed by atoms with van der Waals surface area (Å²) in [6.07, 6.45) is 37.5. The predicted molar refractivity (Wildman–Crippen MR) is 214 cm³/mol. The van der Waals surface area contributed by atoms with Gasteiger partial charge in [0.25, 0.3) is 0 Å². The lowest BCUT2D eigenvalue weighted by molar-refractivity contribution is -0.161. The van der Waals surface area contributed by atoms with Gasteiger partial charge in [-0.2, -0.15) is 0 Å². The molecule has 0 aromatic rings. The molecule has 11 heteroatoms. The number of carbonyl (C=O) groups excluding carboxylic acids is 2. The molecule has 0 aliphatic rings. The second-order valence-electron chi connectivity index (χ2n) is 14.0. The van der Waals surface area contributed by atoms with Crippen molar-refractivity contribution in [2.45, 2.75) is 193 Å². The fourth-order valence-electron chi connectivity index (χ4n) is 5.63. The quantitative estimate of drug-likeness (QED) is 0.0157. The summed E-state index contributed by atoms with van der Waals surface area (Å²) in [5.74, 6) is -1.12. The fourth-order valence-corrected chi connectivity index (χ4v) is 5.99. The number of aliphatic hydroxyl groups excluding tert-OH is 2. The summed E-state index contributed by atoms with van der Waals surface area (Å²) in [6, 6.07) is 0. The van der Waals surface area contributed by atoms with E-state index in [0.29, 0.717) is 25.7 Å². The van der Waals surface area contributed by atoms with Gasteiger partial charge in [0.2, 0.25) is 0 Å². The van der Waals surface area contributed by atoms with Crippen LogP contribution in [0.2, 0.25) is 0 Å². The van der Waals surface area contributed by atoms with Crippen LogP contribution in [-0.2, 0) is 28.2 Å². The van der Waals surface area contributed by atoms with Gasteiger partial charge in [-0.1, -0.05) is 172 Å². The van der Waals surface area contributed by atoms with E-state index in [9.17, 15) is 24.4 Å². The van der Waals surface area contributed by atoms with Crippen molar-refractivity contribution in [2.24, 2.45) is 0 Å². The maximum atomic E-state index is 12.4. The molecule has 0 aromatic heterocycles. The number of carbonyl (C=O) groups is 2. The highest BCUT2D eigenvalue weighted by Crippen LogP contribution is 2.36. The summed E-state index contributed by atoms with van der Waals surface area (Å²) >= 11 is 0. The van der Waals surface area contributed by atoms with Gasteiger partial charge >= 0.3 is 19.8 Å². The molecule has 4 N–H and O–H groups in total. The van der Waals surface area contributed by atoms with E-state index in [2.05, 4.69) is 24.4 Å². The van der Waals surface area contributed by atoms with Crippen LogP contribution in [0.5, 0.6) is 0 Å². The van der Waals surface area contributed by atoms with E-state index in [0.717, 1.165) is 25.7 Å². The first kappa shape index (κ1) is 50.9. The van der Waals surface area contributed by atoms with Gasteiger partial charge in [0.05, 0.1) is 18.8 Å². The molecule has 0 aliphatic carbocycles. The number of allylic oxidation sites excluding steroid dienone is 5. The van der Waals surface area contributed by atoms with Crippen molar-refractivity contribution >= 4 is 19.8 Å². The van der Waals surface area contributed by atoms with Gasteiger partial charge in [-0.15, -0.1) is 0 Å². The van der Waals surface area contributed by atoms with Crippen molar-refractivity contribution < 1.29 is 48.2 Å². The van der Waals surface area contributed by atoms with Crippen LogP contribution < -0.4 is 0 Å². The highest BCUT2D eigenvalue weighted by Gasteiger charge is 2.23. The number of esters is 2. The van der Waals surface area contributed by atoms with Crippen LogP contribution in [0.4, 0.5) is 0 Å².